The molecule has 0 saturated heterocycles. The van der Waals surface area contributed by atoms with E-state index < -0.39 is 5.25 Å². The number of thioether (sulfide) groups is 1. The minimum Gasteiger partial charge on any atom is -0.497 e. The molecular formula is C20H19BrN2O4S. The number of aromatic nitrogens is 1. The van der Waals surface area contributed by atoms with Gasteiger partial charge in [0.15, 0.2) is 5.76 Å². The van der Waals surface area contributed by atoms with Crippen molar-refractivity contribution in [3.8, 4) is 22.8 Å². The highest BCUT2D eigenvalue weighted by atomic mass is 79.9. The van der Waals surface area contributed by atoms with Crippen molar-refractivity contribution >= 4 is 39.3 Å². The molecule has 28 heavy (non-hydrogen) atoms. The number of benzene rings is 2. The molecule has 1 atom stereocenters. The molecule has 0 aliphatic carbocycles. The Hall–Kier alpha value is -2.45. The summed E-state index contributed by atoms with van der Waals surface area (Å²) in [5.41, 5.74) is 1.50. The fraction of sp³-hybridized carbons (Fsp3) is 0.200. The number of methoxy groups -OCH3 is 2. The Morgan fingerprint density at radius 3 is 2.54 bits per heavy atom. The maximum atomic E-state index is 12.5. The number of halogens is 1. The van der Waals surface area contributed by atoms with Gasteiger partial charge in [-0.1, -0.05) is 39.8 Å². The summed E-state index contributed by atoms with van der Waals surface area (Å²) in [4.78, 5) is 16.8. The van der Waals surface area contributed by atoms with Crippen LogP contribution in [0.4, 0.5) is 5.69 Å². The third-order valence-corrected chi connectivity index (χ3v) is 5.31. The number of anilines is 1. The average molecular weight is 463 g/mol. The Kier molecular flexibility index (Phi) is 6.64. The molecule has 2 aromatic carbocycles. The topological polar surface area (TPSA) is 73.6 Å². The Labute approximate surface area is 175 Å². The highest BCUT2D eigenvalue weighted by Gasteiger charge is 2.19. The summed E-state index contributed by atoms with van der Waals surface area (Å²) in [7, 11) is 3.12. The van der Waals surface area contributed by atoms with E-state index in [4.69, 9.17) is 13.9 Å². The predicted octanol–water partition coefficient (Wildman–Crippen LogP) is 5.24. The monoisotopic (exact) mass is 462 g/mol. The van der Waals surface area contributed by atoms with Crippen LogP contribution in [-0.4, -0.2) is 30.4 Å². The first kappa shape index (κ1) is 20.3. The normalized spacial score (nSPS) is 11.7. The van der Waals surface area contributed by atoms with Crippen LogP contribution in [0, 0.1) is 0 Å². The van der Waals surface area contributed by atoms with E-state index in [-0.39, 0.29) is 5.91 Å². The first-order valence-electron chi connectivity index (χ1n) is 8.41. The molecule has 3 aromatic rings. The molecule has 0 bridgehead atoms. The Morgan fingerprint density at radius 1 is 1.18 bits per heavy atom. The lowest BCUT2D eigenvalue weighted by molar-refractivity contribution is -0.115. The number of rotatable bonds is 7. The summed E-state index contributed by atoms with van der Waals surface area (Å²) in [6.45, 7) is 1.79. The summed E-state index contributed by atoms with van der Waals surface area (Å²) in [6.07, 6.45) is 1.65. The minimum atomic E-state index is -0.411. The van der Waals surface area contributed by atoms with Crippen molar-refractivity contribution in [2.75, 3.05) is 19.5 Å². The van der Waals surface area contributed by atoms with Gasteiger partial charge in [0.05, 0.1) is 25.7 Å². The molecule has 1 aromatic heterocycles. The number of hydrogen-bond donors (Lipinski definition) is 1. The molecule has 0 radical (unpaired) electrons. The van der Waals surface area contributed by atoms with Gasteiger partial charge in [-0.3, -0.25) is 4.79 Å². The van der Waals surface area contributed by atoms with Crippen LogP contribution >= 0.6 is 27.7 Å². The van der Waals surface area contributed by atoms with Crippen LogP contribution in [0.25, 0.3) is 11.3 Å². The number of nitrogens with zero attached hydrogens (tertiary/aromatic N) is 1. The molecule has 1 N–H and O–H groups in total. The smallest absolute Gasteiger partial charge is 0.256 e. The second-order valence-corrected chi connectivity index (χ2v) is 8.06. The molecule has 6 nitrogen and oxygen atoms in total. The molecule has 0 aliphatic heterocycles. The van der Waals surface area contributed by atoms with Gasteiger partial charge in [0.25, 0.3) is 5.22 Å². The van der Waals surface area contributed by atoms with Crippen LogP contribution < -0.4 is 14.8 Å². The summed E-state index contributed by atoms with van der Waals surface area (Å²) in [5, 5.41) is 2.88. The van der Waals surface area contributed by atoms with Crippen molar-refractivity contribution in [1.29, 1.82) is 0 Å². The molecule has 146 valence electrons. The van der Waals surface area contributed by atoms with E-state index in [1.165, 1.54) is 11.8 Å². The molecule has 0 fully saturated rings. The summed E-state index contributed by atoms with van der Waals surface area (Å²) in [6, 6.07) is 12.9. The zero-order valence-electron chi connectivity index (χ0n) is 15.6. The second kappa shape index (κ2) is 9.16. The van der Waals surface area contributed by atoms with Gasteiger partial charge in [0, 0.05) is 33.9 Å². The van der Waals surface area contributed by atoms with Gasteiger partial charge in [0.2, 0.25) is 5.91 Å². The van der Waals surface area contributed by atoms with Crippen molar-refractivity contribution in [2.45, 2.75) is 17.4 Å². The third kappa shape index (κ3) is 5.08. The largest absolute Gasteiger partial charge is 0.497 e. The highest BCUT2D eigenvalue weighted by Crippen LogP contribution is 2.30. The van der Waals surface area contributed by atoms with Crippen LogP contribution in [0.1, 0.15) is 6.92 Å². The number of amides is 1. The van der Waals surface area contributed by atoms with Gasteiger partial charge in [0.1, 0.15) is 11.5 Å². The summed E-state index contributed by atoms with van der Waals surface area (Å²) in [5.74, 6) is 1.67. The van der Waals surface area contributed by atoms with E-state index in [0.717, 1.165) is 10.0 Å². The lowest BCUT2D eigenvalue weighted by Crippen LogP contribution is -2.22. The average Bonchev–Trinajstić information content (AvgIpc) is 3.16. The van der Waals surface area contributed by atoms with E-state index in [1.54, 1.807) is 45.5 Å². The maximum Gasteiger partial charge on any atom is 0.256 e. The van der Waals surface area contributed by atoms with Crippen LogP contribution in [0.15, 0.2) is 62.8 Å². The summed E-state index contributed by atoms with van der Waals surface area (Å²) >= 11 is 4.69. The molecule has 0 saturated carbocycles. The molecule has 0 spiro atoms. The van der Waals surface area contributed by atoms with Crippen LogP contribution in [0.2, 0.25) is 0 Å². The molecule has 0 aliphatic rings. The van der Waals surface area contributed by atoms with Gasteiger partial charge in [-0.15, -0.1) is 0 Å². The van der Waals surface area contributed by atoms with Crippen molar-refractivity contribution in [3.63, 3.8) is 0 Å². The lowest BCUT2D eigenvalue weighted by atomic mass is 10.2. The molecule has 3 rings (SSSR count). The predicted molar refractivity (Wildman–Crippen MR) is 113 cm³/mol. The number of ether oxygens (including phenoxy) is 2. The zero-order chi connectivity index (χ0) is 20.1. The van der Waals surface area contributed by atoms with E-state index in [9.17, 15) is 4.79 Å². The van der Waals surface area contributed by atoms with Gasteiger partial charge >= 0.3 is 0 Å². The number of carbonyl (C=O) groups is 1. The lowest BCUT2D eigenvalue weighted by Gasteiger charge is -2.12. The number of hydrogen-bond acceptors (Lipinski definition) is 6. The van der Waals surface area contributed by atoms with E-state index in [1.807, 2.05) is 24.3 Å². The number of oxazole rings is 1. The highest BCUT2D eigenvalue weighted by molar-refractivity contribution is 9.10. The van der Waals surface area contributed by atoms with Crippen molar-refractivity contribution < 1.29 is 18.7 Å². The van der Waals surface area contributed by atoms with Gasteiger partial charge in [-0.2, -0.15) is 0 Å². The molecule has 1 unspecified atom stereocenters. The Bertz CT molecular complexity index is 954. The van der Waals surface area contributed by atoms with Gasteiger partial charge < -0.3 is 19.2 Å². The number of nitrogens with one attached hydrogen (secondary N) is 1. The summed E-state index contributed by atoms with van der Waals surface area (Å²) < 4.78 is 17.2. The SMILES string of the molecule is COc1cc(NC(=O)C(C)Sc2ncc(-c3cccc(Br)c3)o2)cc(OC)c1. The molecule has 8 heteroatoms. The first-order valence-corrected chi connectivity index (χ1v) is 10.1. The van der Waals surface area contributed by atoms with Crippen LogP contribution in [0.5, 0.6) is 11.5 Å². The minimum absolute atomic E-state index is 0.178. The molecule has 1 heterocycles. The van der Waals surface area contributed by atoms with E-state index in [0.29, 0.717) is 28.2 Å². The third-order valence-electron chi connectivity index (χ3n) is 3.86. The fourth-order valence-corrected chi connectivity index (χ4v) is 3.54. The Balaban J connectivity index is 1.66. The number of carbonyl (C=O) groups excluding carboxylic acids is 1. The van der Waals surface area contributed by atoms with Gasteiger partial charge in [-0.25, -0.2) is 4.98 Å². The molecular weight excluding hydrogens is 444 g/mol. The Morgan fingerprint density at radius 2 is 1.89 bits per heavy atom. The first-order chi connectivity index (χ1) is 13.5. The van der Waals surface area contributed by atoms with E-state index >= 15 is 0 Å². The zero-order valence-corrected chi connectivity index (χ0v) is 18.0. The van der Waals surface area contributed by atoms with Crippen molar-refractivity contribution in [2.24, 2.45) is 0 Å². The van der Waals surface area contributed by atoms with Crippen molar-refractivity contribution in [3.05, 3.63) is 53.1 Å². The second-order valence-electron chi connectivity index (χ2n) is 5.85. The fourth-order valence-electron chi connectivity index (χ4n) is 2.42. The quantitative estimate of drug-likeness (QED) is 0.483. The van der Waals surface area contributed by atoms with Crippen LogP contribution in [-0.2, 0) is 4.79 Å². The maximum absolute atomic E-state index is 12.5. The van der Waals surface area contributed by atoms with Crippen LogP contribution in [0.3, 0.4) is 0 Å². The standard InChI is InChI=1S/C20H19BrN2O4S/c1-12(19(24)23-15-8-16(25-2)10-17(9-15)26-3)28-20-22-11-18(27-20)13-5-4-6-14(21)7-13/h4-12H,1-3H3,(H,23,24). The van der Waals surface area contributed by atoms with Gasteiger partial charge in [-0.05, 0) is 19.1 Å². The van der Waals surface area contributed by atoms with E-state index in [2.05, 4.69) is 26.2 Å². The molecule has 1 amide bonds. The van der Waals surface area contributed by atoms with Crippen molar-refractivity contribution in [1.82, 2.24) is 4.98 Å².